The Bertz CT molecular complexity index is 598. The molecule has 26 heavy (non-hydrogen) atoms. The summed E-state index contributed by atoms with van der Waals surface area (Å²) in [6.45, 7) is 12.5. The van der Waals surface area contributed by atoms with E-state index in [-0.39, 0.29) is 5.04 Å². The van der Waals surface area contributed by atoms with E-state index < -0.39 is 43.8 Å². The SMILES string of the molecule is C[C@H](N)C(CCO[Si](C)(C)C(C)(C)C)Oc1ccc(F)cc1C(F)(F)F. The average Bonchev–Trinajstić information content (AvgIpc) is 2.45. The van der Waals surface area contributed by atoms with Crippen LogP contribution in [0.25, 0.3) is 0 Å². The van der Waals surface area contributed by atoms with E-state index in [0.717, 1.165) is 12.1 Å². The molecule has 0 amide bonds. The van der Waals surface area contributed by atoms with E-state index in [1.54, 1.807) is 6.92 Å². The topological polar surface area (TPSA) is 44.5 Å². The largest absolute Gasteiger partial charge is 0.488 e. The van der Waals surface area contributed by atoms with Crippen LogP contribution in [0.3, 0.4) is 0 Å². The van der Waals surface area contributed by atoms with Gasteiger partial charge in [-0.25, -0.2) is 4.39 Å². The molecule has 3 nitrogen and oxygen atoms in total. The number of halogens is 4. The number of hydrogen-bond acceptors (Lipinski definition) is 3. The quantitative estimate of drug-likeness (QED) is 0.500. The molecular weight excluding hydrogens is 366 g/mol. The van der Waals surface area contributed by atoms with Crippen molar-refractivity contribution in [3.8, 4) is 5.75 Å². The maximum atomic E-state index is 13.2. The Hall–Kier alpha value is -1.12. The summed E-state index contributed by atoms with van der Waals surface area (Å²) in [5.41, 5.74) is 4.74. The molecular formula is C18H29F4NO2Si. The van der Waals surface area contributed by atoms with Gasteiger partial charge in [-0.15, -0.1) is 0 Å². The molecule has 0 spiro atoms. The van der Waals surface area contributed by atoms with Crippen molar-refractivity contribution in [3.63, 3.8) is 0 Å². The Kier molecular flexibility index (Phi) is 7.29. The lowest BCUT2D eigenvalue weighted by molar-refractivity contribution is -0.139. The Morgan fingerprint density at radius 2 is 1.73 bits per heavy atom. The summed E-state index contributed by atoms with van der Waals surface area (Å²) in [4.78, 5) is 0. The highest BCUT2D eigenvalue weighted by atomic mass is 28.4. The smallest absolute Gasteiger partial charge is 0.420 e. The normalized spacial score (nSPS) is 15.7. The van der Waals surface area contributed by atoms with Crippen molar-refractivity contribution in [1.29, 1.82) is 0 Å². The van der Waals surface area contributed by atoms with Gasteiger partial charge in [0.2, 0.25) is 0 Å². The van der Waals surface area contributed by atoms with Crippen LogP contribution in [0.4, 0.5) is 17.6 Å². The molecule has 0 aromatic heterocycles. The van der Waals surface area contributed by atoms with Crippen LogP contribution in [0.1, 0.15) is 39.7 Å². The Morgan fingerprint density at radius 1 is 1.15 bits per heavy atom. The van der Waals surface area contributed by atoms with E-state index in [4.69, 9.17) is 14.9 Å². The maximum absolute atomic E-state index is 13.2. The number of alkyl halides is 3. The molecule has 1 rings (SSSR count). The van der Waals surface area contributed by atoms with Crippen molar-refractivity contribution in [1.82, 2.24) is 0 Å². The van der Waals surface area contributed by atoms with Gasteiger partial charge in [-0.1, -0.05) is 20.8 Å². The first-order valence-corrected chi connectivity index (χ1v) is 11.5. The zero-order valence-corrected chi connectivity index (χ0v) is 17.2. The van der Waals surface area contributed by atoms with Crippen LogP contribution in [-0.4, -0.2) is 27.1 Å². The minimum absolute atomic E-state index is 0.0259. The highest BCUT2D eigenvalue weighted by Gasteiger charge is 2.38. The molecule has 1 aromatic carbocycles. The molecule has 0 heterocycles. The van der Waals surface area contributed by atoms with Crippen molar-refractivity contribution < 1.29 is 26.7 Å². The van der Waals surface area contributed by atoms with Crippen LogP contribution in [0.15, 0.2) is 18.2 Å². The number of benzene rings is 1. The number of nitrogens with two attached hydrogens (primary N) is 1. The molecule has 0 saturated heterocycles. The minimum atomic E-state index is -4.71. The van der Waals surface area contributed by atoms with Crippen LogP contribution in [-0.2, 0) is 10.6 Å². The number of rotatable bonds is 7. The van der Waals surface area contributed by atoms with Crippen molar-refractivity contribution in [2.75, 3.05) is 6.61 Å². The lowest BCUT2D eigenvalue weighted by Crippen LogP contribution is -2.43. The second-order valence-electron chi connectivity index (χ2n) is 8.05. The fourth-order valence-electron chi connectivity index (χ4n) is 2.07. The molecule has 0 aliphatic heterocycles. The Morgan fingerprint density at radius 3 is 2.19 bits per heavy atom. The van der Waals surface area contributed by atoms with Gasteiger partial charge in [0.1, 0.15) is 23.2 Å². The van der Waals surface area contributed by atoms with Gasteiger partial charge in [0.25, 0.3) is 0 Å². The van der Waals surface area contributed by atoms with Gasteiger partial charge in [-0.05, 0) is 43.3 Å². The second-order valence-corrected chi connectivity index (χ2v) is 12.9. The molecule has 0 fully saturated rings. The highest BCUT2D eigenvalue weighted by molar-refractivity contribution is 6.74. The molecule has 0 aliphatic carbocycles. The van der Waals surface area contributed by atoms with Gasteiger partial charge in [-0.3, -0.25) is 0 Å². The van der Waals surface area contributed by atoms with Crippen LogP contribution in [0.5, 0.6) is 5.75 Å². The summed E-state index contributed by atoms with van der Waals surface area (Å²) >= 11 is 0. The maximum Gasteiger partial charge on any atom is 0.420 e. The van der Waals surface area contributed by atoms with Crippen molar-refractivity contribution in [2.45, 2.75) is 70.6 Å². The average molecular weight is 396 g/mol. The first kappa shape index (κ1) is 22.9. The van der Waals surface area contributed by atoms with Crippen molar-refractivity contribution in [3.05, 3.63) is 29.6 Å². The number of hydrogen-bond donors (Lipinski definition) is 1. The highest BCUT2D eigenvalue weighted by Crippen LogP contribution is 2.38. The van der Waals surface area contributed by atoms with E-state index in [1.165, 1.54) is 0 Å². The van der Waals surface area contributed by atoms with Gasteiger partial charge in [0.15, 0.2) is 8.32 Å². The lowest BCUT2D eigenvalue weighted by atomic mass is 10.1. The van der Waals surface area contributed by atoms with Crippen LogP contribution >= 0.6 is 0 Å². The third-order valence-corrected chi connectivity index (χ3v) is 9.32. The summed E-state index contributed by atoms with van der Waals surface area (Å²) in [7, 11) is -1.97. The van der Waals surface area contributed by atoms with E-state index in [2.05, 4.69) is 33.9 Å². The summed E-state index contributed by atoms with van der Waals surface area (Å²) < 4.78 is 64.2. The summed E-state index contributed by atoms with van der Waals surface area (Å²) in [5.74, 6) is -1.39. The summed E-state index contributed by atoms with van der Waals surface area (Å²) in [6, 6.07) is 1.85. The van der Waals surface area contributed by atoms with Crippen molar-refractivity contribution >= 4 is 8.32 Å². The lowest BCUT2D eigenvalue weighted by Gasteiger charge is -2.36. The molecule has 0 saturated carbocycles. The third-order valence-electron chi connectivity index (χ3n) is 4.78. The van der Waals surface area contributed by atoms with Crippen LogP contribution in [0.2, 0.25) is 18.1 Å². The standard InChI is InChI=1S/C18H29F4NO2Si/c1-12(23)15(9-10-24-26(5,6)17(2,3)4)25-16-8-7-13(19)11-14(16)18(20,21)22/h7-8,11-12,15H,9-10,23H2,1-6H3/t12-,15?/m0/s1. The second kappa shape index (κ2) is 8.27. The summed E-state index contributed by atoms with van der Waals surface area (Å²) in [5, 5.41) is 0.0259. The van der Waals surface area contributed by atoms with E-state index in [9.17, 15) is 17.6 Å². The van der Waals surface area contributed by atoms with Crippen LogP contribution < -0.4 is 10.5 Å². The van der Waals surface area contributed by atoms with E-state index in [1.807, 2.05) is 0 Å². The third kappa shape index (κ3) is 6.24. The van der Waals surface area contributed by atoms with Gasteiger partial charge in [0, 0.05) is 19.1 Å². The fourth-order valence-corrected chi connectivity index (χ4v) is 3.13. The van der Waals surface area contributed by atoms with Crippen LogP contribution in [0, 0.1) is 5.82 Å². The first-order valence-electron chi connectivity index (χ1n) is 8.58. The summed E-state index contributed by atoms with van der Waals surface area (Å²) in [6.07, 6.45) is -5.04. The molecule has 150 valence electrons. The Balaban J connectivity index is 2.88. The molecule has 1 unspecified atom stereocenters. The van der Waals surface area contributed by atoms with Crippen molar-refractivity contribution in [2.24, 2.45) is 5.73 Å². The van der Waals surface area contributed by atoms with Gasteiger partial charge < -0.3 is 14.9 Å². The first-order chi connectivity index (χ1) is 11.6. The zero-order chi connectivity index (χ0) is 20.3. The van der Waals surface area contributed by atoms with E-state index >= 15 is 0 Å². The molecule has 8 heteroatoms. The zero-order valence-electron chi connectivity index (χ0n) is 16.2. The minimum Gasteiger partial charge on any atom is -0.488 e. The molecule has 2 atom stereocenters. The molecule has 2 N–H and O–H groups in total. The molecule has 1 aromatic rings. The fraction of sp³-hybridized carbons (Fsp3) is 0.667. The number of ether oxygens (including phenoxy) is 1. The van der Waals surface area contributed by atoms with Gasteiger partial charge in [0.05, 0.1) is 0 Å². The molecule has 0 bridgehead atoms. The Labute approximate surface area is 154 Å². The monoisotopic (exact) mass is 395 g/mol. The molecule has 0 aliphatic rings. The van der Waals surface area contributed by atoms with E-state index in [0.29, 0.717) is 19.1 Å². The predicted molar refractivity (Wildman–Crippen MR) is 97.2 cm³/mol. The predicted octanol–water partition coefficient (Wildman–Crippen LogP) is 5.35. The van der Waals surface area contributed by atoms with Gasteiger partial charge in [-0.2, -0.15) is 13.2 Å². The van der Waals surface area contributed by atoms with Gasteiger partial charge >= 0.3 is 6.18 Å². The molecule has 0 radical (unpaired) electrons.